The lowest BCUT2D eigenvalue weighted by Crippen LogP contribution is -2.29. The van der Waals surface area contributed by atoms with E-state index in [-0.39, 0.29) is 15.7 Å². The molecule has 1 N–H and O–H groups in total. The molecule has 1 unspecified atom stereocenters. The van der Waals surface area contributed by atoms with Gasteiger partial charge in [-0.2, -0.15) is 0 Å². The summed E-state index contributed by atoms with van der Waals surface area (Å²) < 4.78 is 0.0263. The minimum Gasteiger partial charge on any atom is -0.345 e. The number of hydrogen-bond acceptors (Lipinski definition) is 2. The van der Waals surface area contributed by atoms with E-state index in [0.29, 0.717) is 12.8 Å². The fourth-order valence-electron chi connectivity index (χ4n) is 0.784. The molecule has 0 aromatic heterocycles. The normalized spacial score (nSPS) is 25.9. The van der Waals surface area contributed by atoms with Crippen molar-refractivity contribution in [3.05, 3.63) is 0 Å². The number of amides is 1. The summed E-state index contributed by atoms with van der Waals surface area (Å²) in [7, 11) is 0. The van der Waals surface area contributed by atoms with E-state index in [1.807, 2.05) is 0 Å². The molecule has 4 heteroatoms. The number of carbonyl (C=O) groups excluding carboxylic acids is 2. The van der Waals surface area contributed by atoms with Crippen LogP contribution in [0.25, 0.3) is 0 Å². The Morgan fingerprint density at radius 1 is 1.78 bits per heavy atom. The summed E-state index contributed by atoms with van der Waals surface area (Å²) in [6.07, 6.45) is 1.17. The third-order valence-corrected chi connectivity index (χ3v) is 2.02. The summed E-state index contributed by atoms with van der Waals surface area (Å²) in [6.45, 7) is 0. The van der Waals surface area contributed by atoms with Crippen LogP contribution in [0.15, 0.2) is 0 Å². The largest absolute Gasteiger partial charge is 0.345 e. The summed E-state index contributed by atoms with van der Waals surface area (Å²) in [5, 5.41) is 2.56. The predicted molar refractivity (Wildman–Crippen MR) is 40.2 cm³/mol. The molecule has 0 aliphatic carbocycles. The molecule has 1 saturated heterocycles. The van der Waals surface area contributed by atoms with E-state index in [9.17, 15) is 9.59 Å². The van der Waals surface area contributed by atoms with Crippen molar-refractivity contribution in [1.82, 2.24) is 5.32 Å². The smallest absolute Gasteiger partial charge is 0.220 e. The molecule has 0 aromatic carbocycles. The van der Waals surface area contributed by atoms with Gasteiger partial charge in [0.1, 0.15) is 0 Å². The van der Waals surface area contributed by atoms with Gasteiger partial charge in [-0.15, -0.1) is 0 Å². The summed E-state index contributed by atoms with van der Waals surface area (Å²) in [6, 6.07) is -0.210. The van der Waals surface area contributed by atoms with Crippen LogP contribution in [-0.4, -0.2) is 15.7 Å². The molecule has 1 heterocycles. The Bertz CT molecular complexity index is 157. The molecule has 0 bridgehead atoms. The monoisotopic (exact) mass is 239 g/mol. The molecule has 3 nitrogen and oxygen atoms in total. The van der Waals surface area contributed by atoms with Crippen molar-refractivity contribution in [2.45, 2.75) is 18.9 Å². The Hall–Kier alpha value is -0.130. The van der Waals surface area contributed by atoms with Crippen molar-refractivity contribution in [2.24, 2.45) is 0 Å². The van der Waals surface area contributed by atoms with Gasteiger partial charge in [0, 0.05) is 29.0 Å². The van der Waals surface area contributed by atoms with Gasteiger partial charge in [-0.1, -0.05) is 0 Å². The number of carbonyl (C=O) groups is 2. The van der Waals surface area contributed by atoms with Crippen LogP contribution in [0.5, 0.6) is 0 Å². The first-order valence-electron chi connectivity index (χ1n) is 2.69. The quantitative estimate of drug-likeness (QED) is 0.525. The highest BCUT2D eigenvalue weighted by Gasteiger charge is 2.24. The molecule has 1 amide bonds. The van der Waals surface area contributed by atoms with Crippen molar-refractivity contribution in [3.8, 4) is 0 Å². The van der Waals surface area contributed by atoms with Crippen LogP contribution in [0, 0.1) is 0 Å². The second-order valence-corrected chi connectivity index (χ2v) is 3.03. The summed E-state index contributed by atoms with van der Waals surface area (Å²) in [4.78, 5) is 21.1. The third-order valence-electron chi connectivity index (χ3n) is 1.27. The Labute approximate surface area is 66.3 Å². The van der Waals surface area contributed by atoms with Gasteiger partial charge in [0.2, 0.25) is 9.70 Å². The van der Waals surface area contributed by atoms with Gasteiger partial charge in [-0.25, -0.2) is 0 Å². The molecule has 9 heavy (non-hydrogen) atoms. The van der Waals surface area contributed by atoms with Crippen LogP contribution in [0.4, 0.5) is 0 Å². The van der Waals surface area contributed by atoms with E-state index in [4.69, 9.17) is 0 Å². The molecule has 50 valence electrons. The topological polar surface area (TPSA) is 46.2 Å². The second kappa shape index (κ2) is 2.64. The van der Waals surface area contributed by atoms with Gasteiger partial charge < -0.3 is 5.32 Å². The average Bonchev–Trinajstić information content (AvgIpc) is 2.14. The maximum absolute atomic E-state index is 10.6. The highest BCUT2D eigenvalue weighted by molar-refractivity contribution is 14.1. The van der Waals surface area contributed by atoms with E-state index >= 15 is 0 Å². The lowest BCUT2D eigenvalue weighted by molar-refractivity contribution is -0.120. The van der Waals surface area contributed by atoms with Gasteiger partial charge in [0.25, 0.3) is 0 Å². The van der Waals surface area contributed by atoms with Crippen molar-refractivity contribution in [1.29, 1.82) is 0 Å². The Kier molecular flexibility index (Phi) is 2.05. The van der Waals surface area contributed by atoms with Gasteiger partial charge in [0.15, 0.2) is 0 Å². The molecular formula is C5H6INO2. The Morgan fingerprint density at radius 3 is 2.67 bits per heavy atom. The van der Waals surface area contributed by atoms with Gasteiger partial charge >= 0.3 is 0 Å². The molecule has 1 atom stereocenters. The van der Waals surface area contributed by atoms with Crippen LogP contribution in [0.2, 0.25) is 0 Å². The Morgan fingerprint density at radius 2 is 2.44 bits per heavy atom. The molecule has 0 saturated carbocycles. The zero-order valence-electron chi connectivity index (χ0n) is 4.69. The van der Waals surface area contributed by atoms with E-state index in [1.54, 1.807) is 22.6 Å². The number of nitrogens with one attached hydrogen (secondary N) is 1. The minimum atomic E-state index is -0.210. The van der Waals surface area contributed by atoms with Crippen molar-refractivity contribution < 1.29 is 9.59 Å². The summed E-state index contributed by atoms with van der Waals surface area (Å²) >= 11 is 1.70. The van der Waals surface area contributed by atoms with Gasteiger partial charge in [0.05, 0.1) is 6.04 Å². The maximum Gasteiger partial charge on any atom is 0.220 e. The van der Waals surface area contributed by atoms with E-state index < -0.39 is 0 Å². The van der Waals surface area contributed by atoms with Crippen LogP contribution < -0.4 is 5.32 Å². The molecule has 0 aromatic rings. The maximum atomic E-state index is 10.6. The highest BCUT2D eigenvalue weighted by Crippen LogP contribution is 2.09. The Balaban J connectivity index is 2.48. The second-order valence-electron chi connectivity index (χ2n) is 1.96. The van der Waals surface area contributed by atoms with Gasteiger partial charge in [-0.3, -0.25) is 9.59 Å². The molecule has 1 aliphatic rings. The molecule has 0 radical (unpaired) electrons. The fraction of sp³-hybridized carbons (Fsp3) is 0.600. The average molecular weight is 239 g/mol. The number of hydrogen-bond donors (Lipinski definition) is 1. The predicted octanol–water partition coefficient (Wildman–Crippen LogP) is 0.227. The first-order chi connectivity index (χ1) is 4.20. The highest BCUT2D eigenvalue weighted by atomic mass is 127. The lowest BCUT2D eigenvalue weighted by atomic mass is 10.2. The zero-order chi connectivity index (χ0) is 6.85. The standard InChI is InChI=1S/C5H6INO2/c6-5(9)3-1-2-4(8)7-3/h3H,1-2H2,(H,7,8). The lowest BCUT2D eigenvalue weighted by Gasteiger charge is -2.00. The number of halogens is 1. The van der Waals surface area contributed by atoms with Crippen molar-refractivity contribution >= 4 is 32.3 Å². The SMILES string of the molecule is O=C1CCC(C(=O)I)N1. The minimum absolute atomic E-state index is 0.00924. The fourth-order valence-corrected chi connectivity index (χ4v) is 1.25. The van der Waals surface area contributed by atoms with Gasteiger partial charge in [-0.05, 0) is 6.42 Å². The molecular weight excluding hydrogens is 233 g/mol. The summed E-state index contributed by atoms with van der Waals surface area (Å²) in [5.41, 5.74) is 0. The molecule has 1 rings (SSSR count). The molecule has 1 aliphatic heterocycles. The zero-order valence-corrected chi connectivity index (χ0v) is 6.84. The van der Waals surface area contributed by atoms with E-state index in [0.717, 1.165) is 0 Å². The van der Waals surface area contributed by atoms with Crippen molar-refractivity contribution in [2.75, 3.05) is 0 Å². The van der Waals surface area contributed by atoms with Crippen LogP contribution in [-0.2, 0) is 9.59 Å². The van der Waals surface area contributed by atoms with Crippen LogP contribution in [0.1, 0.15) is 12.8 Å². The van der Waals surface area contributed by atoms with Crippen LogP contribution in [0.3, 0.4) is 0 Å². The van der Waals surface area contributed by atoms with Crippen molar-refractivity contribution in [3.63, 3.8) is 0 Å². The first-order valence-corrected chi connectivity index (χ1v) is 3.77. The first kappa shape index (κ1) is 6.98. The summed E-state index contributed by atoms with van der Waals surface area (Å²) in [5.74, 6) is -0.00924. The van der Waals surface area contributed by atoms with E-state index in [2.05, 4.69) is 5.32 Å². The number of rotatable bonds is 1. The van der Waals surface area contributed by atoms with Crippen LogP contribution >= 0.6 is 22.6 Å². The molecule has 0 spiro atoms. The molecule has 1 fully saturated rings. The third kappa shape index (κ3) is 1.64. The van der Waals surface area contributed by atoms with E-state index in [1.165, 1.54) is 0 Å².